The highest BCUT2D eigenvalue weighted by molar-refractivity contribution is 5.65. The third-order valence-corrected chi connectivity index (χ3v) is 2.29. The van der Waals surface area contributed by atoms with Gasteiger partial charge in [-0.25, -0.2) is 0 Å². The van der Waals surface area contributed by atoms with E-state index < -0.39 is 12.8 Å². The first-order valence-electron chi connectivity index (χ1n) is 5.45. The monoisotopic (exact) mass is 263 g/mol. The fraction of sp³-hybridized carbons (Fsp3) is 0.545. The van der Waals surface area contributed by atoms with Crippen molar-refractivity contribution in [3.63, 3.8) is 0 Å². The third kappa shape index (κ3) is 5.22. The molecule has 0 bridgehead atoms. The Balaban J connectivity index is 2.26. The summed E-state index contributed by atoms with van der Waals surface area (Å²) in [6.07, 6.45) is -0.621. The lowest BCUT2D eigenvalue weighted by atomic mass is 10.3. The highest BCUT2D eigenvalue weighted by Gasteiger charge is 2.27. The Morgan fingerprint density at radius 2 is 2.17 bits per heavy atom. The van der Waals surface area contributed by atoms with Crippen molar-refractivity contribution in [3.05, 3.63) is 18.5 Å². The smallest absolute Gasteiger partial charge is 0.396 e. The minimum atomic E-state index is -4.26. The van der Waals surface area contributed by atoms with Gasteiger partial charge in [0, 0.05) is 26.4 Å². The van der Waals surface area contributed by atoms with Crippen molar-refractivity contribution in [1.29, 1.82) is 0 Å². The molecule has 0 spiro atoms. The molecule has 0 saturated heterocycles. The van der Waals surface area contributed by atoms with Crippen molar-refractivity contribution in [2.24, 2.45) is 0 Å². The molecular weight excluding hydrogens is 247 g/mol. The molecule has 1 aromatic heterocycles. The largest absolute Gasteiger partial charge is 0.411 e. The molecule has 1 aromatic rings. The van der Waals surface area contributed by atoms with Gasteiger partial charge in [-0.3, -0.25) is 4.98 Å². The second kappa shape index (κ2) is 6.44. The molecule has 0 aliphatic heterocycles. The van der Waals surface area contributed by atoms with Gasteiger partial charge in [0.15, 0.2) is 0 Å². The number of rotatable bonds is 6. The molecule has 0 aliphatic carbocycles. The summed E-state index contributed by atoms with van der Waals surface area (Å²) >= 11 is 0. The summed E-state index contributed by atoms with van der Waals surface area (Å²) in [5.74, 6) is 0. The molecule has 0 saturated carbocycles. The number of nitrogens with two attached hydrogens (primary N) is 1. The molecule has 1 heterocycles. The number of aromatic nitrogens is 1. The van der Waals surface area contributed by atoms with Gasteiger partial charge in [0.2, 0.25) is 0 Å². The summed E-state index contributed by atoms with van der Waals surface area (Å²) in [6, 6.07) is 1.76. The number of nitrogens with zero attached hydrogens (tertiary/aromatic N) is 2. The van der Waals surface area contributed by atoms with Gasteiger partial charge in [0.25, 0.3) is 0 Å². The van der Waals surface area contributed by atoms with Crippen LogP contribution in [-0.2, 0) is 4.74 Å². The van der Waals surface area contributed by atoms with Crippen LogP contribution in [0.3, 0.4) is 0 Å². The molecule has 0 aliphatic rings. The number of hydrogen-bond donors (Lipinski definition) is 1. The van der Waals surface area contributed by atoms with Crippen LogP contribution >= 0.6 is 0 Å². The van der Waals surface area contributed by atoms with Crippen molar-refractivity contribution in [3.8, 4) is 0 Å². The van der Waals surface area contributed by atoms with Gasteiger partial charge in [-0.15, -0.1) is 0 Å². The Kier molecular flexibility index (Phi) is 5.21. The maximum atomic E-state index is 11.8. The first kappa shape index (κ1) is 14.6. The van der Waals surface area contributed by atoms with Crippen LogP contribution in [0.5, 0.6) is 0 Å². The normalized spacial score (nSPS) is 11.6. The van der Waals surface area contributed by atoms with Crippen LogP contribution in [0, 0.1) is 0 Å². The summed E-state index contributed by atoms with van der Waals surface area (Å²) in [5, 5.41) is 0. The lowest BCUT2D eigenvalue weighted by Gasteiger charge is -2.20. The molecule has 7 heteroatoms. The van der Waals surface area contributed by atoms with E-state index in [1.54, 1.807) is 12.3 Å². The standard InChI is InChI=1S/C11H16F3N3O/c1-17(10-3-4-16-7-9(10)15)5-2-6-18-8-11(12,13)14/h3-4,7H,2,5-6,8,15H2,1H3. The van der Waals surface area contributed by atoms with Crippen LogP contribution in [0.15, 0.2) is 18.5 Å². The third-order valence-electron chi connectivity index (χ3n) is 2.29. The Hall–Kier alpha value is -1.50. The molecule has 102 valence electrons. The molecule has 0 atom stereocenters. The maximum Gasteiger partial charge on any atom is 0.411 e. The topological polar surface area (TPSA) is 51.4 Å². The van der Waals surface area contributed by atoms with Gasteiger partial charge in [-0.05, 0) is 12.5 Å². The minimum absolute atomic E-state index is 0.0643. The SMILES string of the molecule is CN(CCCOCC(F)(F)F)c1ccncc1N. The predicted octanol–water partition coefficient (Wildman–Crippen LogP) is 2.07. The number of hydrogen-bond acceptors (Lipinski definition) is 4. The number of ether oxygens (including phenoxy) is 1. The van der Waals surface area contributed by atoms with Crippen molar-refractivity contribution in [2.75, 3.05) is 37.4 Å². The van der Waals surface area contributed by atoms with E-state index in [-0.39, 0.29) is 6.61 Å². The zero-order chi connectivity index (χ0) is 13.6. The van der Waals surface area contributed by atoms with E-state index in [9.17, 15) is 13.2 Å². The van der Waals surface area contributed by atoms with Gasteiger partial charge in [-0.2, -0.15) is 13.2 Å². The Bertz CT molecular complexity index is 371. The average Bonchev–Trinajstić information content (AvgIpc) is 2.27. The van der Waals surface area contributed by atoms with Gasteiger partial charge in [0.1, 0.15) is 6.61 Å². The maximum absolute atomic E-state index is 11.8. The van der Waals surface area contributed by atoms with Crippen molar-refractivity contribution < 1.29 is 17.9 Å². The van der Waals surface area contributed by atoms with Crippen LogP contribution in [0.25, 0.3) is 0 Å². The summed E-state index contributed by atoms with van der Waals surface area (Å²) in [6.45, 7) is -0.574. The number of alkyl halides is 3. The van der Waals surface area contributed by atoms with Crippen LogP contribution in [0.4, 0.5) is 24.5 Å². The first-order valence-corrected chi connectivity index (χ1v) is 5.45. The molecule has 0 aromatic carbocycles. The van der Waals surface area contributed by atoms with E-state index in [0.717, 1.165) is 5.69 Å². The zero-order valence-electron chi connectivity index (χ0n) is 10.1. The van der Waals surface area contributed by atoms with Crippen LogP contribution < -0.4 is 10.6 Å². The lowest BCUT2D eigenvalue weighted by molar-refractivity contribution is -0.173. The molecule has 0 radical (unpaired) electrons. The van der Waals surface area contributed by atoms with Crippen molar-refractivity contribution in [1.82, 2.24) is 4.98 Å². The zero-order valence-corrected chi connectivity index (χ0v) is 10.1. The van der Waals surface area contributed by atoms with Crippen molar-refractivity contribution in [2.45, 2.75) is 12.6 Å². The minimum Gasteiger partial charge on any atom is -0.396 e. The summed E-state index contributed by atoms with van der Waals surface area (Å²) in [4.78, 5) is 5.72. The quantitative estimate of drug-likeness (QED) is 0.798. The van der Waals surface area contributed by atoms with Gasteiger partial charge in [0.05, 0.1) is 17.6 Å². The molecule has 0 amide bonds. The van der Waals surface area contributed by atoms with Crippen molar-refractivity contribution >= 4 is 11.4 Å². The van der Waals surface area contributed by atoms with Gasteiger partial charge in [-0.1, -0.05) is 0 Å². The van der Waals surface area contributed by atoms with Crippen LogP contribution in [-0.4, -0.2) is 38.0 Å². The molecule has 0 fully saturated rings. The first-order chi connectivity index (χ1) is 8.40. The molecule has 4 nitrogen and oxygen atoms in total. The second-order valence-corrected chi connectivity index (χ2v) is 3.88. The highest BCUT2D eigenvalue weighted by Crippen LogP contribution is 2.20. The van der Waals surface area contributed by atoms with Crippen LogP contribution in [0.1, 0.15) is 6.42 Å². The lowest BCUT2D eigenvalue weighted by Crippen LogP contribution is -2.22. The fourth-order valence-corrected chi connectivity index (χ4v) is 1.46. The fourth-order valence-electron chi connectivity index (χ4n) is 1.46. The summed E-state index contributed by atoms with van der Waals surface area (Å²) < 4.78 is 39.9. The summed E-state index contributed by atoms with van der Waals surface area (Å²) in [7, 11) is 1.81. The van der Waals surface area contributed by atoms with E-state index in [0.29, 0.717) is 18.7 Å². The number of anilines is 2. The van der Waals surface area contributed by atoms with E-state index in [2.05, 4.69) is 9.72 Å². The van der Waals surface area contributed by atoms with E-state index >= 15 is 0 Å². The molecule has 1 rings (SSSR count). The van der Waals surface area contributed by atoms with Gasteiger partial charge < -0.3 is 15.4 Å². The molecule has 18 heavy (non-hydrogen) atoms. The number of nitrogen functional groups attached to an aromatic ring is 1. The highest BCUT2D eigenvalue weighted by atomic mass is 19.4. The Labute approximate surface area is 104 Å². The molecular formula is C11H16F3N3O. The van der Waals surface area contributed by atoms with Gasteiger partial charge >= 0.3 is 6.18 Å². The van der Waals surface area contributed by atoms with Crippen LogP contribution in [0.2, 0.25) is 0 Å². The Morgan fingerprint density at radius 1 is 1.44 bits per heavy atom. The van der Waals surface area contributed by atoms with E-state index in [1.165, 1.54) is 6.20 Å². The predicted molar refractivity (Wildman–Crippen MR) is 63.4 cm³/mol. The van der Waals surface area contributed by atoms with E-state index in [4.69, 9.17) is 5.73 Å². The Morgan fingerprint density at radius 3 is 2.78 bits per heavy atom. The average molecular weight is 263 g/mol. The number of halogens is 3. The molecule has 0 unspecified atom stereocenters. The van der Waals surface area contributed by atoms with E-state index in [1.807, 2.05) is 11.9 Å². The number of pyridine rings is 1. The second-order valence-electron chi connectivity index (χ2n) is 3.88. The molecule has 2 N–H and O–H groups in total. The summed E-state index contributed by atoms with van der Waals surface area (Å²) in [5.41, 5.74) is 7.07.